The second-order valence-corrected chi connectivity index (χ2v) is 7.29. The van der Waals surface area contributed by atoms with Crippen molar-refractivity contribution >= 4 is 12.1 Å². The molecular weight excluding hydrogens is 274 g/mol. The summed E-state index contributed by atoms with van der Waals surface area (Å²) in [5.41, 5.74) is -1.43. The van der Waals surface area contributed by atoms with Gasteiger partial charge in [0.1, 0.15) is 5.60 Å². The predicted molar refractivity (Wildman–Crippen MR) is 75.8 cm³/mol. The standard InChI is InChI=1S/C15H25NO5/c1-14(2,3)21-13(20)16-6-4-5-10(9-16)15(12(18)19)7-11(17)8-15/h10-11,17H,4-9H2,1-3H3,(H,18,19). The zero-order valence-electron chi connectivity index (χ0n) is 13.0. The predicted octanol–water partition coefficient (Wildman–Crippen LogP) is 1.86. The molecule has 2 rings (SSSR count). The average molecular weight is 299 g/mol. The van der Waals surface area contributed by atoms with Crippen LogP contribution in [0.15, 0.2) is 0 Å². The van der Waals surface area contributed by atoms with Gasteiger partial charge < -0.3 is 19.8 Å². The van der Waals surface area contributed by atoms with Crippen LogP contribution >= 0.6 is 0 Å². The van der Waals surface area contributed by atoms with Gasteiger partial charge in [-0.25, -0.2) is 4.79 Å². The molecule has 2 aliphatic rings. The summed E-state index contributed by atoms with van der Waals surface area (Å²) in [5, 5.41) is 19.0. The Labute approximate surface area is 125 Å². The van der Waals surface area contributed by atoms with Crippen LogP contribution in [-0.2, 0) is 9.53 Å². The maximum Gasteiger partial charge on any atom is 0.410 e. The highest BCUT2D eigenvalue weighted by molar-refractivity contribution is 5.77. The molecule has 1 aliphatic carbocycles. The highest BCUT2D eigenvalue weighted by Gasteiger charge is 2.56. The molecule has 1 unspecified atom stereocenters. The Morgan fingerprint density at radius 2 is 1.90 bits per heavy atom. The molecule has 1 atom stereocenters. The van der Waals surface area contributed by atoms with Gasteiger partial charge in [0.05, 0.1) is 11.5 Å². The minimum absolute atomic E-state index is 0.111. The molecule has 0 aromatic carbocycles. The SMILES string of the molecule is CC(C)(C)OC(=O)N1CCCC(C2(C(=O)O)CC(O)C2)C1. The summed E-state index contributed by atoms with van der Waals surface area (Å²) in [4.78, 5) is 25.3. The zero-order chi connectivity index (χ0) is 15.8. The number of hydrogen-bond acceptors (Lipinski definition) is 4. The van der Waals surface area contributed by atoms with Gasteiger partial charge in [0.25, 0.3) is 0 Å². The van der Waals surface area contributed by atoms with E-state index in [-0.39, 0.29) is 24.9 Å². The van der Waals surface area contributed by atoms with Crippen molar-refractivity contribution in [3.05, 3.63) is 0 Å². The summed E-state index contributed by atoms with van der Waals surface area (Å²) < 4.78 is 5.36. The number of aliphatic hydroxyl groups excluding tert-OH is 1. The highest BCUT2D eigenvalue weighted by atomic mass is 16.6. The van der Waals surface area contributed by atoms with Gasteiger partial charge in [-0.2, -0.15) is 0 Å². The molecule has 1 saturated carbocycles. The van der Waals surface area contributed by atoms with Gasteiger partial charge in [-0.05, 0) is 52.4 Å². The van der Waals surface area contributed by atoms with Crippen molar-refractivity contribution < 1.29 is 24.5 Å². The molecular formula is C15H25NO5. The van der Waals surface area contributed by atoms with Crippen LogP contribution < -0.4 is 0 Å². The third-order valence-corrected chi connectivity index (χ3v) is 4.48. The summed E-state index contributed by atoms with van der Waals surface area (Å²) in [6.07, 6.45) is 1.21. The van der Waals surface area contributed by atoms with Crippen molar-refractivity contribution in [1.29, 1.82) is 0 Å². The van der Waals surface area contributed by atoms with Crippen LogP contribution in [0.25, 0.3) is 0 Å². The van der Waals surface area contributed by atoms with E-state index in [2.05, 4.69) is 0 Å². The fourth-order valence-electron chi connectivity index (χ4n) is 3.38. The van der Waals surface area contributed by atoms with E-state index in [4.69, 9.17) is 4.74 Å². The lowest BCUT2D eigenvalue weighted by molar-refractivity contribution is -0.173. The minimum atomic E-state index is -0.875. The Kier molecular flexibility index (Phi) is 4.19. The number of ether oxygens (including phenoxy) is 1. The number of amides is 1. The molecule has 120 valence electrons. The van der Waals surface area contributed by atoms with Gasteiger partial charge in [-0.15, -0.1) is 0 Å². The van der Waals surface area contributed by atoms with Crippen LogP contribution in [0.5, 0.6) is 0 Å². The summed E-state index contributed by atoms with van der Waals surface area (Å²) in [6.45, 7) is 6.44. The largest absolute Gasteiger partial charge is 0.481 e. The molecule has 2 fully saturated rings. The van der Waals surface area contributed by atoms with Crippen molar-refractivity contribution in [2.75, 3.05) is 13.1 Å². The molecule has 0 aromatic heterocycles. The smallest absolute Gasteiger partial charge is 0.410 e. The lowest BCUT2D eigenvalue weighted by Gasteiger charge is -2.50. The number of rotatable bonds is 2. The molecule has 1 aliphatic heterocycles. The maximum atomic E-state index is 12.1. The zero-order valence-corrected chi connectivity index (χ0v) is 13.0. The summed E-state index contributed by atoms with van der Waals surface area (Å²) in [7, 11) is 0. The Balaban J connectivity index is 2.04. The van der Waals surface area contributed by atoms with E-state index in [9.17, 15) is 19.8 Å². The fourth-order valence-corrected chi connectivity index (χ4v) is 3.38. The Hall–Kier alpha value is -1.30. The van der Waals surface area contributed by atoms with E-state index < -0.39 is 23.1 Å². The van der Waals surface area contributed by atoms with Gasteiger partial charge in [0.15, 0.2) is 0 Å². The number of carboxylic acids is 1. The summed E-state index contributed by atoms with van der Waals surface area (Å²) >= 11 is 0. The van der Waals surface area contributed by atoms with Crippen LogP contribution in [0, 0.1) is 11.3 Å². The van der Waals surface area contributed by atoms with Crippen molar-refractivity contribution in [2.45, 2.75) is 58.2 Å². The second-order valence-electron chi connectivity index (χ2n) is 7.29. The number of carboxylic acid groups (broad SMARTS) is 1. The molecule has 2 N–H and O–H groups in total. The molecule has 0 aromatic rings. The maximum absolute atomic E-state index is 12.1. The number of piperidine rings is 1. The molecule has 21 heavy (non-hydrogen) atoms. The van der Waals surface area contributed by atoms with Gasteiger partial charge in [-0.1, -0.05) is 0 Å². The Bertz CT molecular complexity index is 422. The lowest BCUT2D eigenvalue weighted by Crippen LogP contribution is -2.56. The van der Waals surface area contributed by atoms with Crippen molar-refractivity contribution in [1.82, 2.24) is 4.90 Å². The van der Waals surface area contributed by atoms with Gasteiger partial charge in [0, 0.05) is 13.1 Å². The van der Waals surface area contributed by atoms with E-state index in [1.807, 2.05) is 20.8 Å². The molecule has 0 spiro atoms. The number of carbonyl (C=O) groups is 2. The van der Waals surface area contributed by atoms with Crippen LogP contribution in [-0.4, -0.2) is 52.0 Å². The fraction of sp³-hybridized carbons (Fsp3) is 0.867. The van der Waals surface area contributed by atoms with E-state index in [0.717, 1.165) is 12.8 Å². The number of likely N-dealkylation sites (tertiary alicyclic amines) is 1. The third kappa shape index (κ3) is 3.31. The number of carbonyl (C=O) groups excluding carboxylic acids is 1. The average Bonchev–Trinajstić information content (AvgIpc) is 2.32. The summed E-state index contributed by atoms with van der Waals surface area (Å²) in [6, 6.07) is 0. The third-order valence-electron chi connectivity index (χ3n) is 4.48. The normalized spacial score (nSPS) is 33.2. The monoisotopic (exact) mass is 299 g/mol. The van der Waals surface area contributed by atoms with Crippen LogP contribution in [0.2, 0.25) is 0 Å². The first-order chi connectivity index (χ1) is 9.64. The molecule has 0 bridgehead atoms. The van der Waals surface area contributed by atoms with Crippen LogP contribution in [0.4, 0.5) is 4.79 Å². The van der Waals surface area contributed by atoms with Crippen molar-refractivity contribution in [2.24, 2.45) is 11.3 Å². The van der Waals surface area contributed by atoms with E-state index >= 15 is 0 Å². The van der Waals surface area contributed by atoms with Crippen molar-refractivity contribution in [3.8, 4) is 0 Å². The van der Waals surface area contributed by atoms with E-state index in [1.165, 1.54) is 0 Å². The highest BCUT2D eigenvalue weighted by Crippen LogP contribution is 2.50. The molecule has 1 amide bonds. The number of aliphatic hydroxyl groups is 1. The van der Waals surface area contributed by atoms with E-state index in [0.29, 0.717) is 13.1 Å². The van der Waals surface area contributed by atoms with Crippen LogP contribution in [0.1, 0.15) is 46.5 Å². The van der Waals surface area contributed by atoms with Crippen molar-refractivity contribution in [3.63, 3.8) is 0 Å². The molecule has 1 saturated heterocycles. The molecule has 0 radical (unpaired) electrons. The molecule has 6 nitrogen and oxygen atoms in total. The van der Waals surface area contributed by atoms with Gasteiger partial charge >= 0.3 is 12.1 Å². The topological polar surface area (TPSA) is 87.1 Å². The first-order valence-corrected chi connectivity index (χ1v) is 7.53. The number of hydrogen-bond donors (Lipinski definition) is 2. The van der Waals surface area contributed by atoms with E-state index in [1.54, 1.807) is 4.90 Å². The minimum Gasteiger partial charge on any atom is -0.481 e. The lowest BCUT2D eigenvalue weighted by atomic mass is 9.58. The second kappa shape index (κ2) is 5.48. The Morgan fingerprint density at radius 1 is 1.29 bits per heavy atom. The number of aliphatic carboxylic acids is 1. The van der Waals surface area contributed by atoms with Crippen LogP contribution in [0.3, 0.4) is 0 Å². The number of nitrogens with zero attached hydrogens (tertiary/aromatic N) is 1. The Morgan fingerprint density at radius 3 is 2.38 bits per heavy atom. The first kappa shape index (κ1) is 16.1. The first-order valence-electron chi connectivity index (χ1n) is 7.53. The molecule has 6 heteroatoms. The molecule has 1 heterocycles. The quantitative estimate of drug-likeness (QED) is 0.812. The van der Waals surface area contributed by atoms with Gasteiger partial charge in [-0.3, -0.25) is 4.79 Å². The van der Waals surface area contributed by atoms with Gasteiger partial charge in [0.2, 0.25) is 0 Å². The summed E-state index contributed by atoms with van der Waals surface area (Å²) in [5.74, 6) is -0.969.